The standard InChI is InChI=1S/C11H8Cl2O3/c1-2-16-11(15)4-3-7-5-9(13)10(14)6-8(7)12/h5-6,14H,2H2,1H3. The molecule has 3 nitrogen and oxygen atoms in total. The number of benzene rings is 1. The van der Waals surface area contributed by atoms with Crippen LogP contribution in [0.3, 0.4) is 0 Å². The van der Waals surface area contributed by atoms with Gasteiger partial charge in [0.15, 0.2) is 0 Å². The first-order valence-electron chi connectivity index (χ1n) is 4.41. The first-order chi connectivity index (χ1) is 7.54. The summed E-state index contributed by atoms with van der Waals surface area (Å²) in [6.07, 6.45) is 0. The maximum atomic E-state index is 11.0. The van der Waals surface area contributed by atoms with E-state index >= 15 is 0 Å². The van der Waals surface area contributed by atoms with Crippen LogP contribution in [0, 0.1) is 11.8 Å². The minimum absolute atomic E-state index is 0.123. The van der Waals surface area contributed by atoms with E-state index in [4.69, 9.17) is 23.2 Å². The van der Waals surface area contributed by atoms with Gasteiger partial charge in [0.2, 0.25) is 0 Å². The molecule has 0 radical (unpaired) electrons. The summed E-state index contributed by atoms with van der Waals surface area (Å²) in [7, 11) is 0. The van der Waals surface area contributed by atoms with E-state index in [1.807, 2.05) is 0 Å². The lowest BCUT2D eigenvalue weighted by Gasteiger charge is -1.99. The number of aromatic hydroxyl groups is 1. The van der Waals surface area contributed by atoms with Crippen molar-refractivity contribution >= 4 is 29.2 Å². The fraction of sp³-hybridized carbons (Fsp3) is 0.182. The molecule has 0 heterocycles. The number of halogens is 2. The zero-order valence-corrected chi connectivity index (χ0v) is 9.89. The van der Waals surface area contributed by atoms with Gasteiger partial charge in [0.25, 0.3) is 0 Å². The summed E-state index contributed by atoms with van der Waals surface area (Å²) in [5.74, 6) is 4.00. The predicted octanol–water partition coefficient (Wildman–Crippen LogP) is 2.61. The number of phenols is 1. The lowest BCUT2D eigenvalue weighted by molar-refractivity contribution is -0.136. The third-order valence-corrected chi connectivity index (χ3v) is 2.23. The van der Waals surface area contributed by atoms with E-state index in [1.54, 1.807) is 6.92 Å². The fourth-order valence-electron chi connectivity index (χ4n) is 0.918. The molecule has 0 aliphatic carbocycles. The normalized spacial score (nSPS) is 9.19. The number of ether oxygens (including phenoxy) is 1. The lowest BCUT2D eigenvalue weighted by Crippen LogP contribution is -1.99. The zero-order valence-electron chi connectivity index (χ0n) is 8.38. The van der Waals surface area contributed by atoms with Crippen LogP contribution in [0.2, 0.25) is 10.0 Å². The first-order valence-corrected chi connectivity index (χ1v) is 5.17. The molecule has 0 fully saturated rings. The van der Waals surface area contributed by atoms with Crippen LogP contribution in [-0.2, 0) is 9.53 Å². The van der Waals surface area contributed by atoms with Crippen molar-refractivity contribution < 1.29 is 14.6 Å². The third-order valence-electron chi connectivity index (χ3n) is 1.61. The summed E-state index contributed by atoms with van der Waals surface area (Å²) in [6, 6.07) is 2.64. The highest BCUT2D eigenvalue weighted by molar-refractivity contribution is 6.35. The van der Waals surface area contributed by atoms with Gasteiger partial charge in [0.05, 0.1) is 16.7 Å². The maximum absolute atomic E-state index is 11.0. The molecule has 1 N–H and O–H groups in total. The van der Waals surface area contributed by atoms with Crippen molar-refractivity contribution in [1.82, 2.24) is 0 Å². The van der Waals surface area contributed by atoms with E-state index in [9.17, 15) is 9.90 Å². The first kappa shape index (κ1) is 12.7. The van der Waals surface area contributed by atoms with Gasteiger partial charge in [-0.15, -0.1) is 0 Å². The molecule has 0 atom stereocenters. The molecular formula is C11H8Cl2O3. The Kier molecular flexibility index (Phi) is 4.48. The van der Waals surface area contributed by atoms with Crippen molar-refractivity contribution in [2.45, 2.75) is 6.92 Å². The number of carbonyl (C=O) groups excluding carboxylic acids is 1. The molecule has 0 aliphatic heterocycles. The van der Waals surface area contributed by atoms with Crippen molar-refractivity contribution in [3.63, 3.8) is 0 Å². The Morgan fingerprint density at radius 3 is 2.75 bits per heavy atom. The minimum atomic E-state index is -0.636. The monoisotopic (exact) mass is 258 g/mol. The Morgan fingerprint density at radius 1 is 1.44 bits per heavy atom. The molecule has 1 rings (SSSR count). The van der Waals surface area contributed by atoms with E-state index in [2.05, 4.69) is 16.6 Å². The summed E-state index contributed by atoms with van der Waals surface area (Å²) in [5.41, 5.74) is 0.359. The average Bonchev–Trinajstić information content (AvgIpc) is 2.22. The van der Waals surface area contributed by atoms with E-state index in [1.165, 1.54) is 12.1 Å². The van der Waals surface area contributed by atoms with Crippen LogP contribution >= 0.6 is 23.2 Å². The van der Waals surface area contributed by atoms with Crippen molar-refractivity contribution in [3.8, 4) is 17.6 Å². The van der Waals surface area contributed by atoms with Crippen molar-refractivity contribution in [2.75, 3.05) is 6.61 Å². The number of rotatable bonds is 1. The van der Waals surface area contributed by atoms with Crippen LogP contribution < -0.4 is 0 Å². The second-order valence-electron chi connectivity index (χ2n) is 2.75. The molecule has 1 aromatic carbocycles. The summed E-state index contributed by atoms with van der Waals surface area (Å²) >= 11 is 11.5. The molecule has 16 heavy (non-hydrogen) atoms. The van der Waals surface area contributed by atoms with Crippen LogP contribution in [0.25, 0.3) is 0 Å². The van der Waals surface area contributed by atoms with Crippen molar-refractivity contribution in [1.29, 1.82) is 0 Å². The van der Waals surface area contributed by atoms with Crippen LogP contribution in [0.15, 0.2) is 12.1 Å². The second-order valence-corrected chi connectivity index (χ2v) is 3.57. The molecule has 0 bridgehead atoms. The Morgan fingerprint density at radius 2 is 2.12 bits per heavy atom. The highest BCUT2D eigenvalue weighted by atomic mass is 35.5. The zero-order chi connectivity index (χ0) is 12.1. The number of esters is 1. The number of carbonyl (C=O) groups is 1. The summed E-state index contributed by atoms with van der Waals surface area (Å²) in [6.45, 7) is 1.95. The van der Waals surface area contributed by atoms with Gasteiger partial charge in [-0.25, -0.2) is 4.79 Å². The molecular weight excluding hydrogens is 251 g/mol. The minimum Gasteiger partial charge on any atom is -0.506 e. The molecule has 0 saturated heterocycles. The highest BCUT2D eigenvalue weighted by Gasteiger charge is 2.04. The second kappa shape index (κ2) is 5.64. The van der Waals surface area contributed by atoms with E-state index < -0.39 is 5.97 Å². The van der Waals surface area contributed by atoms with Gasteiger partial charge in [-0.05, 0) is 13.0 Å². The summed E-state index contributed by atoms with van der Waals surface area (Å²) in [5, 5.41) is 9.57. The van der Waals surface area contributed by atoms with Crippen molar-refractivity contribution in [3.05, 3.63) is 27.7 Å². The molecule has 0 saturated carbocycles. The van der Waals surface area contributed by atoms with Crippen LogP contribution in [-0.4, -0.2) is 17.7 Å². The quantitative estimate of drug-likeness (QED) is 0.622. The van der Waals surface area contributed by atoms with E-state index in [0.29, 0.717) is 5.56 Å². The van der Waals surface area contributed by atoms with Crippen LogP contribution in [0.5, 0.6) is 5.75 Å². The van der Waals surface area contributed by atoms with Gasteiger partial charge in [-0.2, -0.15) is 0 Å². The van der Waals surface area contributed by atoms with Crippen molar-refractivity contribution in [2.24, 2.45) is 0 Å². The van der Waals surface area contributed by atoms with E-state index in [0.717, 1.165) is 0 Å². The van der Waals surface area contributed by atoms with Crippen LogP contribution in [0.1, 0.15) is 12.5 Å². The van der Waals surface area contributed by atoms with Gasteiger partial charge >= 0.3 is 5.97 Å². The van der Waals surface area contributed by atoms with Gasteiger partial charge in [0, 0.05) is 17.6 Å². The van der Waals surface area contributed by atoms with Gasteiger partial charge in [0.1, 0.15) is 5.75 Å². The Balaban J connectivity index is 2.97. The Hall–Kier alpha value is -1.37. The predicted molar refractivity (Wildman–Crippen MR) is 61.6 cm³/mol. The number of hydrogen-bond acceptors (Lipinski definition) is 3. The fourth-order valence-corrected chi connectivity index (χ4v) is 1.29. The molecule has 0 spiro atoms. The van der Waals surface area contributed by atoms with Gasteiger partial charge in [-0.1, -0.05) is 29.1 Å². The topological polar surface area (TPSA) is 46.5 Å². The Bertz CT molecular complexity index is 472. The van der Waals surface area contributed by atoms with Gasteiger partial charge in [-0.3, -0.25) is 0 Å². The SMILES string of the molecule is CCOC(=O)C#Cc1cc(Cl)c(O)cc1Cl. The molecule has 0 aromatic heterocycles. The molecule has 0 unspecified atom stereocenters. The average molecular weight is 259 g/mol. The molecule has 0 amide bonds. The summed E-state index contributed by atoms with van der Waals surface area (Å²) < 4.78 is 4.62. The molecule has 1 aromatic rings. The van der Waals surface area contributed by atoms with Crippen LogP contribution in [0.4, 0.5) is 0 Å². The number of hydrogen-bond donors (Lipinski definition) is 1. The summed E-state index contributed by atoms with van der Waals surface area (Å²) in [4.78, 5) is 11.0. The maximum Gasteiger partial charge on any atom is 0.384 e. The smallest absolute Gasteiger partial charge is 0.384 e. The third kappa shape index (κ3) is 3.34. The van der Waals surface area contributed by atoms with Gasteiger partial charge < -0.3 is 9.84 Å². The Labute approximate surface area is 103 Å². The number of phenolic OH excluding ortho intramolecular Hbond substituents is 1. The van der Waals surface area contributed by atoms with E-state index in [-0.39, 0.29) is 22.4 Å². The highest BCUT2D eigenvalue weighted by Crippen LogP contribution is 2.29. The largest absolute Gasteiger partial charge is 0.506 e. The molecule has 5 heteroatoms. The molecule has 0 aliphatic rings. The lowest BCUT2D eigenvalue weighted by atomic mass is 10.2. The molecule has 84 valence electrons.